The Bertz CT molecular complexity index is 910. The first-order chi connectivity index (χ1) is 12.1. The SMILES string of the molecule is CCCn1c(NC(=O)c2cc(C)nn2CC)nc2cccc(OC)c21. The predicted molar refractivity (Wildman–Crippen MR) is 97.2 cm³/mol. The number of hydrogen-bond acceptors (Lipinski definition) is 4. The van der Waals surface area contributed by atoms with Crippen molar-refractivity contribution in [2.24, 2.45) is 0 Å². The zero-order chi connectivity index (χ0) is 18.0. The normalized spacial score (nSPS) is 11.0. The fraction of sp³-hybridized carbons (Fsp3) is 0.389. The van der Waals surface area contributed by atoms with Gasteiger partial charge in [0.1, 0.15) is 17.0 Å². The second kappa shape index (κ2) is 6.96. The van der Waals surface area contributed by atoms with E-state index in [-0.39, 0.29) is 5.91 Å². The quantitative estimate of drug-likeness (QED) is 0.747. The van der Waals surface area contributed by atoms with E-state index in [2.05, 4.69) is 22.3 Å². The zero-order valence-corrected chi connectivity index (χ0v) is 15.0. The molecule has 25 heavy (non-hydrogen) atoms. The Hall–Kier alpha value is -2.83. The van der Waals surface area contributed by atoms with E-state index in [0.29, 0.717) is 18.2 Å². The number of methoxy groups -OCH3 is 1. The lowest BCUT2D eigenvalue weighted by Gasteiger charge is -2.11. The predicted octanol–water partition coefficient (Wildman–Crippen LogP) is 3.23. The van der Waals surface area contributed by atoms with Gasteiger partial charge >= 0.3 is 0 Å². The van der Waals surface area contributed by atoms with E-state index in [9.17, 15) is 4.79 Å². The number of benzene rings is 1. The van der Waals surface area contributed by atoms with Gasteiger partial charge < -0.3 is 9.30 Å². The van der Waals surface area contributed by atoms with Gasteiger partial charge in [-0.2, -0.15) is 5.10 Å². The van der Waals surface area contributed by atoms with Crippen molar-refractivity contribution in [3.8, 4) is 5.75 Å². The van der Waals surface area contributed by atoms with E-state index in [1.807, 2.05) is 36.6 Å². The van der Waals surface area contributed by atoms with Crippen LogP contribution in [0.25, 0.3) is 11.0 Å². The summed E-state index contributed by atoms with van der Waals surface area (Å²) in [5, 5.41) is 7.27. The number of carbonyl (C=O) groups is 1. The molecule has 0 aliphatic carbocycles. The molecule has 1 amide bonds. The lowest BCUT2D eigenvalue weighted by atomic mass is 10.3. The van der Waals surface area contributed by atoms with Crippen molar-refractivity contribution in [1.29, 1.82) is 0 Å². The van der Waals surface area contributed by atoms with Crippen LogP contribution >= 0.6 is 0 Å². The van der Waals surface area contributed by atoms with Crippen molar-refractivity contribution >= 4 is 22.9 Å². The first kappa shape index (κ1) is 17.0. The maximum Gasteiger partial charge on any atom is 0.276 e. The lowest BCUT2D eigenvalue weighted by Crippen LogP contribution is -2.20. The number of hydrogen-bond donors (Lipinski definition) is 1. The Morgan fingerprint density at radius 1 is 1.32 bits per heavy atom. The van der Waals surface area contributed by atoms with Gasteiger partial charge in [-0.1, -0.05) is 13.0 Å². The van der Waals surface area contributed by atoms with Gasteiger partial charge in [0.15, 0.2) is 0 Å². The van der Waals surface area contributed by atoms with Crippen molar-refractivity contribution in [3.63, 3.8) is 0 Å². The molecule has 0 saturated carbocycles. The third-order valence-corrected chi connectivity index (χ3v) is 4.06. The zero-order valence-electron chi connectivity index (χ0n) is 15.0. The van der Waals surface area contributed by atoms with Crippen LogP contribution in [0.5, 0.6) is 5.75 Å². The number of amides is 1. The molecule has 1 N–H and O–H groups in total. The highest BCUT2D eigenvalue weighted by Crippen LogP contribution is 2.29. The molecule has 132 valence electrons. The average molecular weight is 341 g/mol. The Morgan fingerprint density at radius 2 is 2.12 bits per heavy atom. The summed E-state index contributed by atoms with van der Waals surface area (Å²) in [5.41, 5.74) is 3.03. The van der Waals surface area contributed by atoms with Crippen LogP contribution in [0, 0.1) is 6.92 Å². The molecule has 2 aromatic heterocycles. The number of fused-ring (bicyclic) bond motifs is 1. The number of aryl methyl sites for hydroxylation is 3. The molecule has 0 saturated heterocycles. The molecule has 0 bridgehead atoms. The third kappa shape index (κ3) is 3.09. The van der Waals surface area contributed by atoms with Crippen LogP contribution in [0.15, 0.2) is 24.3 Å². The van der Waals surface area contributed by atoms with Gasteiger partial charge in [0, 0.05) is 13.1 Å². The molecule has 3 aromatic rings. The Kier molecular flexibility index (Phi) is 4.74. The van der Waals surface area contributed by atoms with Gasteiger partial charge in [0.25, 0.3) is 5.91 Å². The highest BCUT2D eigenvalue weighted by molar-refractivity contribution is 6.03. The van der Waals surface area contributed by atoms with Crippen LogP contribution in [0.3, 0.4) is 0 Å². The monoisotopic (exact) mass is 341 g/mol. The molecule has 0 fully saturated rings. The van der Waals surface area contributed by atoms with E-state index in [1.54, 1.807) is 17.9 Å². The molecule has 0 unspecified atom stereocenters. The van der Waals surface area contributed by atoms with Crippen LogP contribution in [0.1, 0.15) is 36.5 Å². The van der Waals surface area contributed by atoms with Gasteiger partial charge in [0.05, 0.1) is 18.3 Å². The number of aromatic nitrogens is 4. The molecule has 3 rings (SSSR count). The van der Waals surface area contributed by atoms with Gasteiger partial charge in [-0.15, -0.1) is 0 Å². The van der Waals surface area contributed by atoms with E-state index >= 15 is 0 Å². The molecule has 0 aliphatic rings. The summed E-state index contributed by atoms with van der Waals surface area (Å²) < 4.78 is 9.15. The van der Waals surface area contributed by atoms with Crippen molar-refractivity contribution in [2.75, 3.05) is 12.4 Å². The number of carbonyl (C=O) groups excluding carboxylic acids is 1. The topological polar surface area (TPSA) is 74.0 Å². The smallest absolute Gasteiger partial charge is 0.276 e. The van der Waals surface area contributed by atoms with Crippen molar-refractivity contribution in [3.05, 3.63) is 35.7 Å². The molecule has 0 spiro atoms. The molecule has 2 heterocycles. The summed E-state index contributed by atoms with van der Waals surface area (Å²) in [6.45, 7) is 7.29. The largest absolute Gasteiger partial charge is 0.494 e. The number of para-hydroxylation sites is 1. The van der Waals surface area contributed by atoms with Gasteiger partial charge in [-0.05, 0) is 38.5 Å². The first-order valence-corrected chi connectivity index (χ1v) is 8.48. The molecule has 1 aromatic carbocycles. The number of rotatable bonds is 6. The lowest BCUT2D eigenvalue weighted by molar-refractivity contribution is 0.101. The van der Waals surface area contributed by atoms with E-state index in [1.165, 1.54) is 0 Å². The number of nitrogens with zero attached hydrogens (tertiary/aromatic N) is 4. The molecular weight excluding hydrogens is 318 g/mol. The van der Waals surface area contributed by atoms with Gasteiger partial charge in [0.2, 0.25) is 5.95 Å². The Balaban J connectivity index is 2.03. The molecule has 0 radical (unpaired) electrons. The van der Waals surface area contributed by atoms with E-state index < -0.39 is 0 Å². The van der Waals surface area contributed by atoms with Crippen LogP contribution in [-0.2, 0) is 13.1 Å². The van der Waals surface area contributed by atoms with E-state index in [0.717, 1.165) is 35.4 Å². The van der Waals surface area contributed by atoms with Crippen LogP contribution < -0.4 is 10.1 Å². The maximum absolute atomic E-state index is 12.7. The molecule has 7 nitrogen and oxygen atoms in total. The summed E-state index contributed by atoms with van der Waals surface area (Å²) in [6.07, 6.45) is 0.915. The summed E-state index contributed by atoms with van der Waals surface area (Å²) >= 11 is 0. The summed E-state index contributed by atoms with van der Waals surface area (Å²) in [4.78, 5) is 17.3. The fourth-order valence-corrected chi connectivity index (χ4v) is 2.99. The minimum absolute atomic E-state index is 0.214. The van der Waals surface area contributed by atoms with Gasteiger partial charge in [-0.3, -0.25) is 14.8 Å². The Labute approximate surface area is 146 Å². The van der Waals surface area contributed by atoms with Crippen molar-refractivity contribution < 1.29 is 9.53 Å². The number of anilines is 1. The van der Waals surface area contributed by atoms with Crippen LogP contribution in [0.2, 0.25) is 0 Å². The van der Waals surface area contributed by atoms with Crippen molar-refractivity contribution in [1.82, 2.24) is 19.3 Å². The van der Waals surface area contributed by atoms with Crippen LogP contribution in [0.4, 0.5) is 5.95 Å². The van der Waals surface area contributed by atoms with Crippen LogP contribution in [-0.4, -0.2) is 32.3 Å². The number of ether oxygens (including phenoxy) is 1. The second-order valence-electron chi connectivity index (χ2n) is 5.86. The standard InChI is InChI=1S/C18H23N5O2/c1-5-10-22-16-13(8-7-9-15(16)25-4)19-18(22)20-17(24)14-11-12(3)21-23(14)6-2/h7-9,11H,5-6,10H2,1-4H3,(H,19,20,24). The minimum Gasteiger partial charge on any atom is -0.494 e. The second-order valence-corrected chi connectivity index (χ2v) is 5.86. The molecule has 7 heteroatoms. The average Bonchev–Trinajstić information content (AvgIpc) is 3.15. The van der Waals surface area contributed by atoms with E-state index in [4.69, 9.17) is 4.74 Å². The highest BCUT2D eigenvalue weighted by atomic mass is 16.5. The van der Waals surface area contributed by atoms with Gasteiger partial charge in [-0.25, -0.2) is 4.98 Å². The highest BCUT2D eigenvalue weighted by Gasteiger charge is 2.19. The van der Waals surface area contributed by atoms with Crippen molar-refractivity contribution in [2.45, 2.75) is 40.3 Å². The molecular formula is C18H23N5O2. The summed E-state index contributed by atoms with van der Waals surface area (Å²) in [5.74, 6) is 1.05. The summed E-state index contributed by atoms with van der Waals surface area (Å²) in [7, 11) is 1.64. The maximum atomic E-state index is 12.7. The number of imidazole rings is 1. The molecule has 0 atom stereocenters. The first-order valence-electron chi connectivity index (χ1n) is 8.48. The third-order valence-electron chi connectivity index (χ3n) is 4.06. The summed E-state index contributed by atoms with van der Waals surface area (Å²) in [6, 6.07) is 7.50. The Morgan fingerprint density at radius 3 is 2.80 bits per heavy atom. The number of nitrogens with one attached hydrogen (secondary N) is 1. The fourth-order valence-electron chi connectivity index (χ4n) is 2.99. The molecule has 0 aliphatic heterocycles. The minimum atomic E-state index is -0.214.